The minimum absolute atomic E-state index is 0.128. The minimum Gasteiger partial charge on any atom is -0.468 e. The topological polar surface area (TPSA) is 70.3 Å². The Morgan fingerprint density at radius 1 is 1.42 bits per heavy atom. The van der Waals surface area contributed by atoms with E-state index in [0.29, 0.717) is 24.9 Å². The fourth-order valence-electron chi connectivity index (χ4n) is 0.846. The van der Waals surface area contributed by atoms with Gasteiger partial charge in [-0.05, 0) is 6.07 Å². The van der Waals surface area contributed by atoms with Crippen molar-refractivity contribution >= 4 is 5.82 Å². The summed E-state index contributed by atoms with van der Waals surface area (Å²) in [7, 11) is 0. The summed E-state index contributed by atoms with van der Waals surface area (Å²) < 4.78 is 10.3. The van der Waals surface area contributed by atoms with Crippen molar-refractivity contribution in [2.75, 3.05) is 18.9 Å². The van der Waals surface area contributed by atoms with Crippen LogP contribution in [-0.4, -0.2) is 29.5 Å². The molecule has 1 aromatic heterocycles. The predicted octanol–water partition coefficient (Wildman–Crippen LogP) is -0.164. The Labute approximate surface area is 69.5 Å². The van der Waals surface area contributed by atoms with Crippen LogP contribution >= 0.6 is 0 Å². The SMILES string of the molecule is Nc1ccc(OC2COC2)nn1. The Balaban J connectivity index is 1.98. The lowest BCUT2D eigenvalue weighted by atomic mass is 10.3. The average molecular weight is 167 g/mol. The van der Waals surface area contributed by atoms with Crippen LogP contribution < -0.4 is 10.5 Å². The molecule has 0 amide bonds. The number of nitrogens with two attached hydrogens (primary N) is 1. The number of aromatic nitrogens is 2. The molecular formula is C7H9N3O2. The lowest BCUT2D eigenvalue weighted by Gasteiger charge is -2.25. The monoisotopic (exact) mass is 167 g/mol. The molecule has 12 heavy (non-hydrogen) atoms. The van der Waals surface area contributed by atoms with Gasteiger partial charge in [0.15, 0.2) is 0 Å². The summed E-state index contributed by atoms with van der Waals surface area (Å²) in [6.45, 7) is 1.26. The first kappa shape index (κ1) is 7.30. The molecular weight excluding hydrogens is 158 g/mol. The van der Waals surface area contributed by atoms with Crippen LogP contribution in [-0.2, 0) is 4.74 Å². The van der Waals surface area contributed by atoms with Gasteiger partial charge in [0.1, 0.15) is 11.9 Å². The van der Waals surface area contributed by atoms with Crippen LogP contribution in [0.25, 0.3) is 0 Å². The number of hydrogen-bond donors (Lipinski definition) is 1. The molecule has 0 bridgehead atoms. The quantitative estimate of drug-likeness (QED) is 0.662. The van der Waals surface area contributed by atoms with Crippen molar-refractivity contribution in [3.63, 3.8) is 0 Å². The van der Waals surface area contributed by atoms with Crippen LogP contribution in [0.3, 0.4) is 0 Å². The first-order chi connectivity index (χ1) is 5.84. The van der Waals surface area contributed by atoms with Crippen LogP contribution in [0.5, 0.6) is 5.88 Å². The summed E-state index contributed by atoms with van der Waals surface area (Å²) in [6.07, 6.45) is 0.128. The zero-order chi connectivity index (χ0) is 8.39. The van der Waals surface area contributed by atoms with Crippen molar-refractivity contribution in [3.05, 3.63) is 12.1 Å². The second kappa shape index (κ2) is 2.94. The molecule has 0 unspecified atom stereocenters. The zero-order valence-electron chi connectivity index (χ0n) is 6.43. The van der Waals surface area contributed by atoms with Crippen molar-refractivity contribution in [1.82, 2.24) is 10.2 Å². The van der Waals surface area contributed by atoms with Gasteiger partial charge in [-0.3, -0.25) is 0 Å². The number of ether oxygens (including phenoxy) is 2. The van der Waals surface area contributed by atoms with E-state index in [9.17, 15) is 0 Å². The van der Waals surface area contributed by atoms with Gasteiger partial charge in [0.25, 0.3) is 0 Å². The van der Waals surface area contributed by atoms with Gasteiger partial charge in [-0.1, -0.05) is 0 Å². The van der Waals surface area contributed by atoms with E-state index in [-0.39, 0.29) is 6.10 Å². The lowest BCUT2D eigenvalue weighted by molar-refractivity contribution is -0.0816. The van der Waals surface area contributed by atoms with E-state index < -0.39 is 0 Å². The van der Waals surface area contributed by atoms with Crippen molar-refractivity contribution in [2.24, 2.45) is 0 Å². The summed E-state index contributed by atoms with van der Waals surface area (Å²) in [5.41, 5.74) is 5.35. The Bertz CT molecular complexity index is 258. The Morgan fingerprint density at radius 2 is 2.25 bits per heavy atom. The number of anilines is 1. The molecule has 1 aliphatic heterocycles. The van der Waals surface area contributed by atoms with Crippen LogP contribution in [0, 0.1) is 0 Å². The highest BCUT2D eigenvalue weighted by Crippen LogP contribution is 2.12. The molecule has 0 aliphatic carbocycles. The molecule has 0 aromatic carbocycles. The van der Waals surface area contributed by atoms with Crippen LogP contribution in [0.1, 0.15) is 0 Å². The van der Waals surface area contributed by atoms with E-state index in [4.69, 9.17) is 15.2 Å². The highest BCUT2D eigenvalue weighted by molar-refractivity contribution is 5.27. The van der Waals surface area contributed by atoms with Crippen molar-refractivity contribution in [2.45, 2.75) is 6.10 Å². The van der Waals surface area contributed by atoms with E-state index >= 15 is 0 Å². The summed E-state index contributed by atoms with van der Waals surface area (Å²) in [6, 6.07) is 3.35. The average Bonchev–Trinajstić information content (AvgIpc) is 2.00. The fourth-order valence-corrected chi connectivity index (χ4v) is 0.846. The number of nitrogen functional groups attached to an aromatic ring is 1. The third kappa shape index (κ3) is 1.45. The summed E-state index contributed by atoms with van der Waals surface area (Å²) in [5.74, 6) is 0.893. The van der Waals surface area contributed by atoms with Crippen LogP contribution in [0.2, 0.25) is 0 Å². The van der Waals surface area contributed by atoms with Gasteiger partial charge in [0.05, 0.1) is 13.2 Å². The molecule has 5 heteroatoms. The van der Waals surface area contributed by atoms with E-state index in [0.717, 1.165) is 0 Å². The molecule has 2 rings (SSSR count). The number of hydrogen-bond acceptors (Lipinski definition) is 5. The molecule has 0 saturated carbocycles. The first-order valence-electron chi connectivity index (χ1n) is 3.68. The molecule has 1 fully saturated rings. The van der Waals surface area contributed by atoms with Gasteiger partial charge in [-0.15, -0.1) is 10.2 Å². The van der Waals surface area contributed by atoms with E-state index in [1.165, 1.54) is 0 Å². The van der Waals surface area contributed by atoms with Crippen molar-refractivity contribution < 1.29 is 9.47 Å². The molecule has 0 radical (unpaired) electrons. The smallest absolute Gasteiger partial charge is 0.233 e. The molecule has 2 N–H and O–H groups in total. The maximum atomic E-state index is 5.35. The molecule has 0 atom stereocenters. The predicted molar refractivity (Wildman–Crippen MR) is 41.7 cm³/mol. The summed E-state index contributed by atoms with van der Waals surface area (Å²) in [4.78, 5) is 0. The van der Waals surface area contributed by atoms with E-state index in [2.05, 4.69) is 10.2 Å². The molecule has 1 saturated heterocycles. The third-order valence-electron chi connectivity index (χ3n) is 1.56. The van der Waals surface area contributed by atoms with Crippen molar-refractivity contribution in [3.8, 4) is 5.88 Å². The normalized spacial score (nSPS) is 17.0. The highest BCUT2D eigenvalue weighted by Gasteiger charge is 2.20. The third-order valence-corrected chi connectivity index (χ3v) is 1.56. The van der Waals surface area contributed by atoms with Gasteiger partial charge in [0.2, 0.25) is 5.88 Å². The standard InChI is InChI=1S/C7H9N3O2/c8-6-1-2-7(10-9-6)12-5-3-11-4-5/h1-2,5H,3-4H2,(H2,8,9). The van der Waals surface area contributed by atoms with E-state index in [1.54, 1.807) is 12.1 Å². The fraction of sp³-hybridized carbons (Fsp3) is 0.429. The second-order valence-corrected chi connectivity index (χ2v) is 2.57. The van der Waals surface area contributed by atoms with E-state index in [1.807, 2.05) is 0 Å². The van der Waals surface area contributed by atoms with Crippen LogP contribution in [0.15, 0.2) is 12.1 Å². The largest absolute Gasteiger partial charge is 0.468 e. The highest BCUT2D eigenvalue weighted by atomic mass is 16.6. The lowest BCUT2D eigenvalue weighted by Crippen LogP contribution is -2.38. The molecule has 64 valence electrons. The van der Waals surface area contributed by atoms with Crippen LogP contribution in [0.4, 0.5) is 5.82 Å². The van der Waals surface area contributed by atoms with Gasteiger partial charge < -0.3 is 15.2 Å². The summed E-state index contributed by atoms with van der Waals surface area (Å²) >= 11 is 0. The van der Waals surface area contributed by atoms with Gasteiger partial charge in [0, 0.05) is 6.07 Å². The maximum Gasteiger partial charge on any atom is 0.233 e. The molecule has 1 aromatic rings. The van der Waals surface area contributed by atoms with Crippen molar-refractivity contribution in [1.29, 1.82) is 0 Å². The summed E-state index contributed by atoms with van der Waals surface area (Å²) in [5, 5.41) is 7.40. The Morgan fingerprint density at radius 3 is 2.75 bits per heavy atom. The first-order valence-corrected chi connectivity index (χ1v) is 3.68. The zero-order valence-corrected chi connectivity index (χ0v) is 6.43. The molecule has 2 heterocycles. The Hall–Kier alpha value is -1.36. The Kier molecular flexibility index (Phi) is 1.79. The number of rotatable bonds is 2. The molecule has 0 spiro atoms. The number of nitrogens with zero attached hydrogens (tertiary/aromatic N) is 2. The van der Waals surface area contributed by atoms with Gasteiger partial charge >= 0.3 is 0 Å². The second-order valence-electron chi connectivity index (χ2n) is 2.57. The maximum absolute atomic E-state index is 5.35. The molecule has 5 nitrogen and oxygen atoms in total. The van der Waals surface area contributed by atoms with Gasteiger partial charge in [-0.2, -0.15) is 0 Å². The minimum atomic E-state index is 0.128. The van der Waals surface area contributed by atoms with Gasteiger partial charge in [-0.25, -0.2) is 0 Å². The molecule has 1 aliphatic rings.